The van der Waals surface area contributed by atoms with Crippen LogP contribution in [0.3, 0.4) is 0 Å². The number of benzene rings is 1. The van der Waals surface area contributed by atoms with Crippen LogP contribution in [-0.2, 0) is 22.5 Å². The predicted octanol–water partition coefficient (Wildman–Crippen LogP) is 1.55. The molecule has 1 aliphatic rings. The van der Waals surface area contributed by atoms with Crippen molar-refractivity contribution in [2.45, 2.75) is 25.4 Å². The Morgan fingerprint density at radius 1 is 1.55 bits per heavy atom. The van der Waals surface area contributed by atoms with Gasteiger partial charge in [0.1, 0.15) is 17.7 Å². The SMILES string of the molecule is COC(=O)[C@@H]1CCc2nn(Cc3ccc(F)c(Cl)c3)c(=O)n21. The van der Waals surface area contributed by atoms with Gasteiger partial charge in [-0.05, 0) is 24.1 Å². The molecule has 0 aliphatic carbocycles. The molecule has 22 heavy (non-hydrogen) atoms. The lowest BCUT2D eigenvalue weighted by molar-refractivity contribution is -0.144. The Morgan fingerprint density at radius 3 is 3.00 bits per heavy atom. The largest absolute Gasteiger partial charge is 0.467 e. The normalized spacial score (nSPS) is 16.6. The van der Waals surface area contributed by atoms with E-state index in [1.54, 1.807) is 0 Å². The molecule has 116 valence electrons. The Bertz CT molecular complexity index is 799. The monoisotopic (exact) mass is 325 g/mol. The Labute approximate surface area is 130 Å². The molecule has 2 heterocycles. The average Bonchev–Trinajstić information content (AvgIpc) is 3.04. The highest BCUT2D eigenvalue weighted by molar-refractivity contribution is 6.30. The van der Waals surface area contributed by atoms with Gasteiger partial charge in [0.05, 0.1) is 18.7 Å². The van der Waals surface area contributed by atoms with E-state index in [0.29, 0.717) is 24.2 Å². The minimum absolute atomic E-state index is 0.00950. The van der Waals surface area contributed by atoms with Crippen LogP contribution in [0.4, 0.5) is 4.39 Å². The van der Waals surface area contributed by atoms with E-state index in [4.69, 9.17) is 16.3 Å². The second-order valence-corrected chi connectivity index (χ2v) is 5.46. The van der Waals surface area contributed by atoms with Crippen molar-refractivity contribution in [3.63, 3.8) is 0 Å². The number of aromatic nitrogens is 3. The summed E-state index contributed by atoms with van der Waals surface area (Å²) in [4.78, 5) is 24.1. The predicted molar refractivity (Wildman–Crippen MR) is 76.4 cm³/mol. The van der Waals surface area contributed by atoms with E-state index in [-0.39, 0.29) is 17.3 Å². The van der Waals surface area contributed by atoms with E-state index >= 15 is 0 Å². The second-order valence-electron chi connectivity index (χ2n) is 5.05. The quantitative estimate of drug-likeness (QED) is 0.803. The van der Waals surface area contributed by atoms with Crippen LogP contribution in [0.25, 0.3) is 0 Å². The van der Waals surface area contributed by atoms with Gasteiger partial charge in [0, 0.05) is 6.42 Å². The van der Waals surface area contributed by atoms with Crippen molar-refractivity contribution < 1.29 is 13.9 Å². The van der Waals surface area contributed by atoms with Gasteiger partial charge in [-0.15, -0.1) is 0 Å². The van der Waals surface area contributed by atoms with Crippen LogP contribution in [0.15, 0.2) is 23.0 Å². The van der Waals surface area contributed by atoms with Crippen molar-refractivity contribution in [1.29, 1.82) is 0 Å². The van der Waals surface area contributed by atoms with E-state index < -0.39 is 17.8 Å². The van der Waals surface area contributed by atoms with Crippen molar-refractivity contribution in [2.24, 2.45) is 0 Å². The summed E-state index contributed by atoms with van der Waals surface area (Å²) in [5.74, 6) is -0.422. The number of aryl methyl sites for hydroxylation is 1. The number of esters is 1. The fourth-order valence-electron chi connectivity index (χ4n) is 2.62. The van der Waals surface area contributed by atoms with Crippen molar-refractivity contribution in [1.82, 2.24) is 14.3 Å². The fourth-order valence-corrected chi connectivity index (χ4v) is 2.82. The number of carbonyl (C=O) groups is 1. The van der Waals surface area contributed by atoms with E-state index in [1.807, 2.05) is 0 Å². The minimum Gasteiger partial charge on any atom is -0.467 e. The number of methoxy groups -OCH3 is 1. The molecule has 1 aromatic heterocycles. The lowest BCUT2D eigenvalue weighted by atomic mass is 10.2. The zero-order valence-electron chi connectivity index (χ0n) is 11.8. The lowest BCUT2D eigenvalue weighted by Gasteiger charge is -2.08. The zero-order valence-corrected chi connectivity index (χ0v) is 12.5. The molecule has 1 aliphatic heterocycles. The summed E-state index contributed by atoms with van der Waals surface area (Å²) in [7, 11) is 1.29. The Balaban J connectivity index is 1.93. The van der Waals surface area contributed by atoms with Gasteiger partial charge in [0.15, 0.2) is 0 Å². The van der Waals surface area contributed by atoms with Gasteiger partial charge in [0.25, 0.3) is 0 Å². The number of hydrogen-bond donors (Lipinski definition) is 0. The van der Waals surface area contributed by atoms with Crippen LogP contribution in [0.1, 0.15) is 23.9 Å². The van der Waals surface area contributed by atoms with Crippen LogP contribution in [0.2, 0.25) is 5.02 Å². The maximum atomic E-state index is 13.2. The van der Waals surface area contributed by atoms with Gasteiger partial charge in [-0.3, -0.25) is 4.57 Å². The van der Waals surface area contributed by atoms with Gasteiger partial charge < -0.3 is 4.74 Å². The summed E-state index contributed by atoms with van der Waals surface area (Å²) >= 11 is 5.73. The summed E-state index contributed by atoms with van der Waals surface area (Å²) in [5.41, 5.74) is 0.267. The van der Waals surface area contributed by atoms with Gasteiger partial charge in [-0.1, -0.05) is 17.7 Å². The molecular formula is C14H13ClFN3O3. The number of rotatable bonds is 3. The first-order chi connectivity index (χ1) is 10.5. The lowest BCUT2D eigenvalue weighted by Crippen LogP contribution is -2.30. The highest BCUT2D eigenvalue weighted by atomic mass is 35.5. The van der Waals surface area contributed by atoms with Crippen LogP contribution in [0, 0.1) is 5.82 Å². The Hall–Kier alpha value is -2.15. The summed E-state index contributed by atoms with van der Waals surface area (Å²) in [6, 6.07) is 3.60. The number of nitrogens with zero attached hydrogens (tertiary/aromatic N) is 3. The highest BCUT2D eigenvalue weighted by Gasteiger charge is 2.33. The van der Waals surface area contributed by atoms with E-state index in [0.717, 1.165) is 0 Å². The molecule has 0 saturated carbocycles. The van der Waals surface area contributed by atoms with Crippen molar-refractivity contribution in [3.8, 4) is 0 Å². The summed E-state index contributed by atoms with van der Waals surface area (Å²) in [6.07, 6.45) is 1.04. The van der Waals surface area contributed by atoms with Crippen LogP contribution < -0.4 is 5.69 Å². The topological polar surface area (TPSA) is 66.1 Å². The molecule has 0 unspecified atom stereocenters. The molecule has 0 bridgehead atoms. The van der Waals surface area contributed by atoms with E-state index in [2.05, 4.69) is 5.10 Å². The minimum atomic E-state index is -0.627. The smallest absolute Gasteiger partial charge is 0.347 e. The summed E-state index contributed by atoms with van der Waals surface area (Å²) < 4.78 is 20.5. The third kappa shape index (κ3) is 2.41. The molecule has 0 N–H and O–H groups in total. The van der Waals surface area contributed by atoms with Crippen LogP contribution in [-0.4, -0.2) is 27.4 Å². The maximum Gasteiger partial charge on any atom is 0.347 e. The zero-order chi connectivity index (χ0) is 15.9. The second kappa shape index (κ2) is 5.57. The Kier molecular flexibility index (Phi) is 3.74. The summed E-state index contributed by atoms with van der Waals surface area (Å²) in [5, 5.41) is 4.22. The molecule has 0 fully saturated rings. The molecule has 1 aromatic carbocycles. The van der Waals surface area contributed by atoms with Gasteiger partial charge in [0.2, 0.25) is 0 Å². The molecule has 0 saturated heterocycles. The van der Waals surface area contributed by atoms with Crippen molar-refractivity contribution in [3.05, 3.63) is 50.9 Å². The molecule has 0 radical (unpaired) electrons. The summed E-state index contributed by atoms with van der Waals surface area (Å²) in [6.45, 7) is 0.159. The van der Waals surface area contributed by atoms with E-state index in [9.17, 15) is 14.0 Å². The third-order valence-electron chi connectivity index (χ3n) is 3.68. The molecule has 0 spiro atoms. The highest BCUT2D eigenvalue weighted by Crippen LogP contribution is 2.23. The standard InChI is InChI=1S/C14H13ClFN3O3/c1-22-13(20)11-4-5-12-17-18(14(21)19(11)12)7-8-2-3-10(16)9(15)6-8/h2-3,6,11H,4-5,7H2,1H3/t11-/m0/s1. The number of halogens is 2. The van der Waals surface area contributed by atoms with E-state index in [1.165, 1.54) is 34.6 Å². The number of ether oxygens (including phenoxy) is 1. The molecule has 2 aromatic rings. The van der Waals surface area contributed by atoms with Gasteiger partial charge in [-0.25, -0.2) is 18.7 Å². The first-order valence-electron chi connectivity index (χ1n) is 6.71. The molecule has 6 nitrogen and oxygen atoms in total. The number of hydrogen-bond acceptors (Lipinski definition) is 4. The molecule has 8 heteroatoms. The van der Waals surface area contributed by atoms with Crippen molar-refractivity contribution in [2.75, 3.05) is 7.11 Å². The molecule has 1 atom stereocenters. The van der Waals surface area contributed by atoms with Crippen LogP contribution in [0.5, 0.6) is 0 Å². The maximum absolute atomic E-state index is 13.2. The van der Waals surface area contributed by atoms with Crippen LogP contribution >= 0.6 is 11.6 Å². The number of carbonyl (C=O) groups excluding carboxylic acids is 1. The first-order valence-corrected chi connectivity index (χ1v) is 7.09. The van der Waals surface area contributed by atoms with Gasteiger partial charge in [-0.2, -0.15) is 5.10 Å². The third-order valence-corrected chi connectivity index (χ3v) is 3.97. The first kappa shape index (κ1) is 14.8. The number of fused-ring (bicyclic) bond motifs is 1. The fraction of sp³-hybridized carbons (Fsp3) is 0.357. The molecule has 3 rings (SSSR count). The molecular weight excluding hydrogens is 313 g/mol. The van der Waals surface area contributed by atoms with Crippen molar-refractivity contribution >= 4 is 17.6 Å². The van der Waals surface area contributed by atoms with Gasteiger partial charge >= 0.3 is 11.7 Å². The molecule has 0 amide bonds. The average molecular weight is 326 g/mol. The Morgan fingerprint density at radius 2 is 2.32 bits per heavy atom.